The molecule has 2 aromatic rings. The molecule has 0 bridgehead atoms. The third-order valence-corrected chi connectivity index (χ3v) is 4.57. The zero-order chi connectivity index (χ0) is 17.1. The van der Waals surface area contributed by atoms with E-state index in [1.54, 1.807) is 25.1 Å². The van der Waals surface area contributed by atoms with Gasteiger partial charge < -0.3 is 10.1 Å². The second kappa shape index (κ2) is 7.45. The van der Waals surface area contributed by atoms with E-state index >= 15 is 0 Å². The zero-order valence-electron chi connectivity index (χ0n) is 13.4. The fourth-order valence-corrected chi connectivity index (χ4v) is 3.44. The largest absolute Gasteiger partial charge is 0.481 e. The molecule has 0 aliphatic heterocycles. The second-order valence-corrected chi connectivity index (χ2v) is 6.92. The van der Waals surface area contributed by atoms with Crippen LogP contribution in [0.15, 0.2) is 36.4 Å². The van der Waals surface area contributed by atoms with Gasteiger partial charge in [0, 0.05) is 15.7 Å². The second-order valence-electron chi connectivity index (χ2n) is 6.05. The number of ether oxygens (including phenoxy) is 1. The van der Waals surface area contributed by atoms with Crippen LogP contribution in [-0.4, -0.2) is 12.0 Å². The molecular weight excluding hydrogens is 345 g/mol. The van der Waals surface area contributed by atoms with E-state index in [-0.39, 0.29) is 5.91 Å². The summed E-state index contributed by atoms with van der Waals surface area (Å²) in [6.45, 7) is 1.72. The van der Waals surface area contributed by atoms with Crippen LogP contribution < -0.4 is 10.1 Å². The van der Waals surface area contributed by atoms with Crippen LogP contribution in [0.5, 0.6) is 5.75 Å². The Kier molecular flexibility index (Phi) is 5.32. The van der Waals surface area contributed by atoms with E-state index in [4.69, 9.17) is 27.9 Å². The molecule has 1 aliphatic carbocycles. The standard InChI is InChI=1S/C19H19Cl2NO2/c1-12(19(23)22-17-10-15(20)9-16(21)11-17)24-18-7-6-13-4-2-3-5-14(13)8-18/h6-12H,2-5H2,1H3,(H,22,23)/t12-/m0/s1. The fraction of sp³-hybridized carbons (Fsp3) is 0.316. The molecule has 0 spiro atoms. The summed E-state index contributed by atoms with van der Waals surface area (Å²) in [5, 5.41) is 3.72. The highest BCUT2D eigenvalue weighted by Crippen LogP contribution is 2.26. The van der Waals surface area contributed by atoms with Crippen molar-refractivity contribution in [1.29, 1.82) is 0 Å². The molecule has 1 aliphatic rings. The number of aryl methyl sites for hydroxylation is 2. The van der Waals surface area contributed by atoms with Crippen LogP contribution in [0.1, 0.15) is 30.9 Å². The first-order valence-electron chi connectivity index (χ1n) is 8.07. The van der Waals surface area contributed by atoms with Gasteiger partial charge in [0.05, 0.1) is 0 Å². The first-order valence-corrected chi connectivity index (χ1v) is 8.82. The van der Waals surface area contributed by atoms with E-state index < -0.39 is 6.10 Å². The third-order valence-electron chi connectivity index (χ3n) is 4.13. The number of nitrogens with one attached hydrogen (secondary N) is 1. The molecule has 3 nitrogen and oxygen atoms in total. The van der Waals surface area contributed by atoms with Crippen molar-refractivity contribution in [3.63, 3.8) is 0 Å². The van der Waals surface area contributed by atoms with E-state index in [9.17, 15) is 4.79 Å². The molecule has 0 saturated heterocycles. The normalized spacial score (nSPS) is 14.6. The predicted octanol–water partition coefficient (Wildman–Crippen LogP) is 5.28. The minimum atomic E-state index is -0.621. The molecule has 0 radical (unpaired) electrons. The molecule has 0 aromatic heterocycles. The summed E-state index contributed by atoms with van der Waals surface area (Å²) in [5.41, 5.74) is 3.27. The number of carbonyl (C=O) groups excluding carboxylic acids is 1. The molecule has 2 aromatic carbocycles. The Morgan fingerprint density at radius 3 is 2.42 bits per heavy atom. The number of rotatable bonds is 4. The quantitative estimate of drug-likeness (QED) is 0.802. The van der Waals surface area contributed by atoms with Crippen molar-refractivity contribution in [3.05, 3.63) is 57.6 Å². The Bertz CT molecular complexity index is 741. The summed E-state index contributed by atoms with van der Waals surface area (Å²) in [4.78, 5) is 12.3. The van der Waals surface area contributed by atoms with Crippen molar-refractivity contribution in [2.24, 2.45) is 0 Å². The third kappa shape index (κ3) is 4.22. The average molecular weight is 364 g/mol. The van der Waals surface area contributed by atoms with Gasteiger partial charge in [-0.05, 0) is 74.1 Å². The first-order chi connectivity index (χ1) is 11.5. The molecule has 1 amide bonds. The van der Waals surface area contributed by atoms with E-state index in [0.29, 0.717) is 15.7 Å². The summed E-state index contributed by atoms with van der Waals surface area (Å²) in [6, 6.07) is 11.0. The van der Waals surface area contributed by atoms with Gasteiger partial charge in [0.2, 0.25) is 0 Å². The van der Waals surface area contributed by atoms with Crippen LogP contribution >= 0.6 is 23.2 Å². The predicted molar refractivity (Wildman–Crippen MR) is 98.3 cm³/mol. The Balaban J connectivity index is 1.65. The highest BCUT2D eigenvalue weighted by molar-refractivity contribution is 6.35. The van der Waals surface area contributed by atoms with Gasteiger partial charge >= 0.3 is 0 Å². The van der Waals surface area contributed by atoms with Crippen molar-refractivity contribution in [2.45, 2.75) is 38.7 Å². The van der Waals surface area contributed by atoms with Crippen LogP contribution in [0.25, 0.3) is 0 Å². The van der Waals surface area contributed by atoms with Gasteiger partial charge in [0.1, 0.15) is 5.75 Å². The Morgan fingerprint density at radius 2 is 1.71 bits per heavy atom. The fourth-order valence-electron chi connectivity index (χ4n) is 2.91. The Morgan fingerprint density at radius 1 is 1.04 bits per heavy atom. The molecule has 0 unspecified atom stereocenters. The maximum Gasteiger partial charge on any atom is 0.265 e. The zero-order valence-corrected chi connectivity index (χ0v) is 15.0. The average Bonchev–Trinajstić information content (AvgIpc) is 2.53. The van der Waals surface area contributed by atoms with Gasteiger partial charge in [0.15, 0.2) is 6.10 Å². The van der Waals surface area contributed by atoms with Crippen molar-refractivity contribution >= 4 is 34.8 Å². The van der Waals surface area contributed by atoms with Crippen LogP contribution in [0.3, 0.4) is 0 Å². The maximum atomic E-state index is 12.3. The van der Waals surface area contributed by atoms with Gasteiger partial charge in [-0.2, -0.15) is 0 Å². The minimum absolute atomic E-state index is 0.244. The smallest absolute Gasteiger partial charge is 0.265 e. The molecule has 1 atom stereocenters. The number of carbonyl (C=O) groups is 1. The molecule has 0 saturated carbocycles. The number of halogens is 2. The van der Waals surface area contributed by atoms with Crippen molar-refractivity contribution in [3.8, 4) is 5.75 Å². The topological polar surface area (TPSA) is 38.3 Å². The number of hydrogen-bond donors (Lipinski definition) is 1. The number of anilines is 1. The first kappa shape index (κ1) is 17.1. The SMILES string of the molecule is C[C@H](Oc1ccc2c(c1)CCCC2)C(=O)Nc1cc(Cl)cc(Cl)c1. The number of hydrogen-bond acceptors (Lipinski definition) is 2. The van der Waals surface area contributed by atoms with Crippen LogP contribution in [0, 0.1) is 0 Å². The van der Waals surface area contributed by atoms with Crippen LogP contribution in [0.2, 0.25) is 10.0 Å². The van der Waals surface area contributed by atoms with Gasteiger partial charge in [-0.25, -0.2) is 0 Å². The number of amides is 1. The Labute approximate surface area is 151 Å². The lowest BCUT2D eigenvalue weighted by Crippen LogP contribution is -2.30. The van der Waals surface area contributed by atoms with Gasteiger partial charge in [-0.3, -0.25) is 4.79 Å². The van der Waals surface area contributed by atoms with Crippen LogP contribution in [-0.2, 0) is 17.6 Å². The molecule has 1 N–H and O–H groups in total. The molecule has 3 rings (SSSR count). The number of benzene rings is 2. The van der Waals surface area contributed by atoms with E-state index in [0.717, 1.165) is 18.6 Å². The maximum absolute atomic E-state index is 12.3. The van der Waals surface area contributed by atoms with Crippen molar-refractivity contribution in [2.75, 3.05) is 5.32 Å². The van der Waals surface area contributed by atoms with E-state index in [2.05, 4.69) is 17.4 Å². The summed E-state index contributed by atoms with van der Waals surface area (Å²) < 4.78 is 5.80. The summed E-state index contributed by atoms with van der Waals surface area (Å²) in [7, 11) is 0. The summed E-state index contributed by atoms with van der Waals surface area (Å²) >= 11 is 11.9. The summed E-state index contributed by atoms with van der Waals surface area (Å²) in [6.07, 6.45) is 4.04. The van der Waals surface area contributed by atoms with Gasteiger partial charge in [0.25, 0.3) is 5.91 Å². The lowest BCUT2D eigenvalue weighted by molar-refractivity contribution is -0.122. The van der Waals surface area contributed by atoms with E-state index in [1.165, 1.54) is 24.0 Å². The van der Waals surface area contributed by atoms with E-state index in [1.807, 2.05) is 6.07 Å². The molecule has 24 heavy (non-hydrogen) atoms. The number of fused-ring (bicyclic) bond motifs is 1. The van der Waals surface area contributed by atoms with Gasteiger partial charge in [-0.1, -0.05) is 29.3 Å². The minimum Gasteiger partial charge on any atom is -0.481 e. The highest BCUT2D eigenvalue weighted by atomic mass is 35.5. The van der Waals surface area contributed by atoms with Gasteiger partial charge in [-0.15, -0.1) is 0 Å². The monoisotopic (exact) mass is 363 g/mol. The summed E-state index contributed by atoms with van der Waals surface area (Å²) in [5.74, 6) is 0.480. The van der Waals surface area contributed by atoms with Crippen molar-refractivity contribution < 1.29 is 9.53 Å². The van der Waals surface area contributed by atoms with Crippen LogP contribution in [0.4, 0.5) is 5.69 Å². The molecule has 0 fully saturated rings. The van der Waals surface area contributed by atoms with Crippen molar-refractivity contribution in [1.82, 2.24) is 0 Å². The molecule has 0 heterocycles. The molecule has 5 heteroatoms. The molecule has 126 valence electrons. The Hall–Kier alpha value is -1.71. The lowest BCUT2D eigenvalue weighted by atomic mass is 9.92. The molecular formula is C19H19Cl2NO2. The lowest BCUT2D eigenvalue weighted by Gasteiger charge is -2.19. The highest BCUT2D eigenvalue weighted by Gasteiger charge is 2.17.